The summed E-state index contributed by atoms with van der Waals surface area (Å²) in [4.78, 5) is 0. The number of benzene rings is 1. The van der Waals surface area contributed by atoms with E-state index in [1.165, 1.54) is 38.5 Å². The second kappa shape index (κ2) is 6.37. The summed E-state index contributed by atoms with van der Waals surface area (Å²) in [7, 11) is 0. The van der Waals surface area contributed by atoms with Crippen LogP contribution in [0.15, 0.2) is 24.3 Å². The van der Waals surface area contributed by atoms with Gasteiger partial charge in [0.05, 0.1) is 11.7 Å². The summed E-state index contributed by atoms with van der Waals surface area (Å²) in [5.74, 6) is 0.901. The summed E-state index contributed by atoms with van der Waals surface area (Å²) in [5, 5.41) is 0. The van der Waals surface area contributed by atoms with Crippen molar-refractivity contribution in [1.29, 1.82) is 0 Å². The van der Waals surface area contributed by atoms with Crippen LogP contribution in [-0.4, -0.2) is 18.3 Å². The van der Waals surface area contributed by atoms with E-state index < -0.39 is 0 Å². The van der Waals surface area contributed by atoms with Gasteiger partial charge in [0.1, 0.15) is 12.4 Å². The van der Waals surface area contributed by atoms with Crippen molar-refractivity contribution in [2.24, 2.45) is 5.73 Å². The van der Waals surface area contributed by atoms with Crippen molar-refractivity contribution in [3.05, 3.63) is 29.8 Å². The van der Waals surface area contributed by atoms with Gasteiger partial charge in [0.25, 0.3) is 0 Å². The van der Waals surface area contributed by atoms with Crippen molar-refractivity contribution in [1.82, 2.24) is 0 Å². The van der Waals surface area contributed by atoms with E-state index in [2.05, 4.69) is 0 Å². The van der Waals surface area contributed by atoms with Crippen molar-refractivity contribution in [3.63, 3.8) is 0 Å². The fourth-order valence-corrected chi connectivity index (χ4v) is 3.65. The molecule has 3 heteroatoms. The molecule has 1 saturated heterocycles. The van der Waals surface area contributed by atoms with Crippen LogP contribution >= 0.6 is 0 Å². The number of hydrogen-bond donors (Lipinski definition) is 1. The highest BCUT2D eigenvalue weighted by molar-refractivity contribution is 5.30. The normalized spacial score (nSPS) is 25.9. The largest absolute Gasteiger partial charge is 0.491 e. The Bertz CT molecular complexity index is 466. The molecule has 1 spiro atoms. The van der Waals surface area contributed by atoms with Gasteiger partial charge >= 0.3 is 0 Å². The predicted molar refractivity (Wildman–Crippen MR) is 84.5 cm³/mol. The van der Waals surface area contributed by atoms with Gasteiger partial charge in [-0.15, -0.1) is 0 Å². The number of nitrogens with two attached hydrogens (primary N) is 1. The van der Waals surface area contributed by atoms with Crippen molar-refractivity contribution < 1.29 is 9.47 Å². The lowest BCUT2D eigenvalue weighted by Gasteiger charge is -2.33. The molecule has 3 nitrogen and oxygen atoms in total. The third-order valence-corrected chi connectivity index (χ3v) is 4.92. The van der Waals surface area contributed by atoms with Crippen LogP contribution < -0.4 is 10.5 Å². The average Bonchev–Trinajstić information content (AvgIpc) is 2.89. The molecule has 21 heavy (non-hydrogen) atoms. The predicted octanol–water partition coefficient (Wildman–Crippen LogP) is 3.97. The van der Waals surface area contributed by atoms with Crippen LogP contribution in [0, 0.1) is 0 Å². The summed E-state index contributed by atoms with van der Waals surface area (Å²) >= 11 is 0. The summed E-state index contributed by atoms with van der Waals surface area (Å²) in [6.45, 7) is 2.65. The Hall–Kier alpha value is -1.06. The Morgan fingerprint density at radius 2 is 2.10 bits per heavy atom. The molecule has 0 bridgehead atoms. The van der Waals surface area contributed by atoms with Gasteiger partial charge in [-0.2, -0.15) is 0 Å². The minimum Gasteiger partial charge on any atom is -0.491 e. The molecule has 0 amide bonds. The highest BCUT2D eigenvalue weighted by Gasteiger charge is 2.40. The number of rotatable bonds is 4. The Morgan fingerprint density at radius 3 is 2.86 bits per heavy atom. The van der Waals surface area contributed by atoms with Crippen molar-refractivity contribution in [2.75, 3.05) is 6.61 Å². The minimum absolute atomic E-state index is 0.0433. The standard InChI is InChI=1S/C18H27NO2/c1-14(19)15-6-5-7-16(12-15)20-13-17-8-11-18(21-17)9-3-2-4-10-18/h5-7,12,14,17H,2-4,8-11,13,19H2,1H3. The van der Waals surface area contributed by atoms with Gasteiger partial charge in [0.15, 0.2) is 0 Å². The van der Waals surface area contributed by atoms with Crippen LogP contribution in [-0.2, 0) is 4.74 Å². The van der Waals surface area contributed by atoms with Gasteiger partial charge in [0, 0.05) is 6.04 Å². The van der Waals surface area contributed by atoms with Crippen LogP contribution in [0.1, 0.15) is 63.5 Å². The molecule has 3 rings (SSSR count). The smallest absolute Gasteiger partial charge is 0.119 e. The molecule has 1 aliphatic heterocycles. The Kier molecular flexibility index (Phi) is 4.51. The van der Waals surface area contributed by atoms with Crippen molar-refractivity contribution >= 4 is 0 Å². The van der Waals surface area contributed by atoms with Crippen LogP contribution in [0.25, 0.3) is 0 Å². The molecule has 0 radical (unpaired) electrons. The first-order valence-electron chi connectivity index (χ1n) is 8.33. The average molecular weight is 289 g/mol. The van der Waals surface area contributed by atoms with E-state index in [-0.39, 0.29) is 17.7 Å². The SMILES string of the molecule is CC(N)c1cccc(OCC2CCC3(CCCCC3)O2)c1. The summed E-state index contributed by atoms with van der Waals surface area (Å²) in [5.41, 5.74) is 7.21. The van der Waals surface area contributed by atoms with Crippen LogP contribution in [0.2, 0.25) is 0 Å². The van der Waals surface area contributed by atoms with Crippen molar-refractivity contribution in [2.45, 2.75) is 69.6 Å². The van der Waals surface area contributed by atoms with E-state index in [9.17, 15) is 0 Å². The summed E-state index contributed by atoms with van der Waals surface area (Å²) in [6, 6.07) is 8.13. The second-order valence-electron chi connectivity index (χ2n) is 6.69. The lowest BCUT2D eigenvalue weighted by molar-refractivity contribution is -0.0748. The number of hydrogen-bond acceptors (Lipinski definition) is 3. The maximum atomic E-state index is 6.34. The third kappa shape index (κ3) is 3.58. The first-order chi connectivity index (χ1) is 10.2. The molecule has 2 N–H and O–H groups in total. The van der Waals surface area contributed by atoms with E-state index in [1.807, 2.05) is 31.2 Å². The zero-order chi connectivity index (χ0) is 14.7. The van der Waals surface area contributed by atoms with Gasteiger partial charge in [-0.3, -0.25) is 0 Å². The molecule has 2 fully saturated rings. The zero-order valence-corrected chi connectivity index (χ0v) is 13.0. The lowest BCUT2D eigenvalue weighted by atomic mass is 9.83. The Morgan fingerprint density at radius 1 is 1.29 bits per heavy atom. The second-order valence-corrected chi connectivity index (χ2v) is 6.69. The molecular formula is C18H27NO2. The Labute approximate surface area is 127 Å². The maximum Gasteiger partial charge on any atom is 0.119 e. The monoisotopic (exact) mass is 289 g/mol. The summed E-state index contributed by atoms with van der Waals surface area (Å²) < 4.78 is 12.3. The van der Waals surface area contributed by atoms with Crippen LogP contribution in [0.5, 0.6) is 5.75 Å². The van der Waals surface area contributed by atoms with Gasteiger partial charge in [-0.05, 0) is 50.3 Å². The molecule has 116 valence electrons. The van der Waals surface area contributed by atoms with E-state index in [4.69, 9.17) is 15.2 Å². The minimum atomic E-state index is 0.0433. The maximum absolute atomic E-state index is 6.34. The molecule has 1 aromatic rings. The molecule has 0 aromatic heterocycles. The highest BCUT2D eigenvalue weighted by Crippen LogP contribution is 2.41. The van der Waals surface area contributed by atoms with E-state index in [0.29, 0.717) is 6.61 Å². The third-order valence-electron chi connectivity index (χ3n) is 4.92. The zero-order valence-electron chi connectivity index (χ0n) is 13.0. The first-order valence-corrected chi connectivity index (χ1v) is 8.33. The first kappa shape index (κ1) is 14.9. The van der Waals surface area contributed by atoms with Crippen molar-refractivity contribution in [3.8, 4) is 5.75 Å². The molecule has 2 aliphatic rings. The fourth-order valence-electron chi connectivity index (χ4n) is 3.65. The van der Waals surface area contributed by atoms with E-state index in [1.54, 1.807) is 0 Å². The fraction of sp³-hybridized carbons (Fsp3) is 0.667. The van der Waals surface area contributed by atoms with Gasteiger partial charge < -0.3 is 15.2 Å². The molecule has 2 atom stereocenters. The van der Waals surface area contributed by atoms with E-state index >= 15 is 0 Å². The molecule has 2 unspecified atom stereocenters. The van der Waals surface area contributed by atoms with Gasteiger partial charge in [-0.1, -0.05) is 31.4 Å². The van der Waals surface area contributed by atoms with E-state index in [0.717, 1.165) is 17.7 Å². The molecule has 1 heterocycles. The Balaban J connectivity index is 1.53. The van der Waals surface area contributed by atoms with Gasteiger partial charge in [0.2, 0.25) is 0 Å². The van der Waals surface area contributed by atoms with Crippen LogP contribution in [0.3, 0.4) is 0 Å². The summed E-state index contributed by atoms with van der Waals surface area (Å²) in [6.07, 6.45) is 9.09. The highest BCUT2D eigenvalue weighted by atomic mass is 16.6. The molecule has 1 saturated carbocycles. The van der Waals surface area contributed by atoms with Gasteiger partial charge in [-0.25, -0.2) is 0 Å². The molecular weight excluding hydrogens is 262 g/mol. The quantitative estimate of drug-likeness (QED) is 0.912. The molecule has 1 aromatic carbocycles. The van der Waals surface area contributed by atoms with Crippen LogP contribution in [0.4, 0.5) is 0 Å². The molecule has 1 aliphatic carbocycles. The number of ether oxygens (including phenoxy) is 2. The topological polar surface area (TPSA) is 44.5 Å². The lowest BCUT2D eigenvalue weighted by Crippen LogP contribution is -2.32.